The molecule has 0 saturated carbocycles. The van der Waals surface area contributed by atoms with E-state index in [9.17, 15) is 0 Å². The van der Waals surface area contributed by atoms with Crippen molar-refractivity contribution in [1.82, 2.24) is 0 Å². The second-order valence-electron chi connectivity index (χ2n) is 8.53. The molecule has 0 atom stereocenters. The van der Waals surface area contributed by atoms with E-state index in [1.165, 1.54) is 21.2 Å². The van der Waals surface area contributed by atoms with E-state index in [0.717, 1.165) is 0 Å². The Balaban J connectivity index is 2.08. The first-order chi connectivity index (χ1) is 10.6. The van der Waals surface area contributed by atoms with Crippen LogP contribution in [0.15, 0.2) is 46.2 Å². The molecule has 0 saturated heterocycles. The van der Waals surface area contributed by atoms with Gasteiger partial charge in [0.2, 0.25) is 0 Å². The zero-order chi connectivity index (χ0) is 17.0. The summed E-state index contributed by atoms with van der Waals surface area (Å²) in [5.41, 5.74) is 2.68. The van der Waals surface area contributed by atoms with Gasteiger partial charge in [0, 0.05) is 16.8 Å². The lowest BCUT2D eigenvalue weighted by Gasteiger charge is -2.32. The van der Waals surface area contributed by atoms with E-state index in [4.69, 9.17) is 0 Å². The maximum absolute atomic E-state index is 2.44. The molecule has 0 aliphatic carbocycles. The fourth-order valence-electron chi connectivity index (χ4n) is 2.93. The van der Waals surface area contributed by atoms with Crippen LogP contribution < -0.4 is 15.3 Å². The second-order valence-corrected chi connectivity index (χ2v) is 19.8. The van der Waals surface area contributed by atoms with E-state index in [1.54, 1.807) is 10.4 Å². The molecule has 0 fully saturated rings. The summed E-state index contributed by atoms with van der Waals surface area (Å²) in [4.78, 5) is 5.17. The number of rotatable bonds is 2. The Morgan fingerprint density at radius 2 is 1.09 bits per heavy atom. The second kappa shape index (κ2) is 5.54. The standard InChI is InChI=1S/C19H27NSSi2/c1-20-16-10-8-14(22(2,3)4)12-18(16)21-19-13-15(23(5,6)7)9-11-17(19)20/h8-13H,1-7H3. The van der Waals surface area contributed by atoms with E-state index in [-0.39, 0.29) is 0 Å². The lowest BCUT2D eigenvalue weighted by atomic mass is 10.2. The number of benzene rings is 2. The first kappa shape index (κ1) is 16.9. The van der Waals surface area contributed by atoms with Crippen LogP contribution in [0.5, 0.6) is 0 Å². The molecule has 3 rings (SSSR count). The number of anilines is 2. The molecule has 1 heterocycles. The molecule has 1 aliphatic rings. The largest absolute Gasteiger partial charge is 0.343 e. The highest BCUT2D eigenvalue weighted by Crippen LogP contribution is 2.46. The van der Waals surface area contributed by atoms with Crippen LogP contribution in [-0.4, -0.2) is 23.2 Å². The monoisotopic (exact) mass is 357 g/mol. The van der Waals surface area contributed by atoms with Crippen molar-refractivity contribution in [2.75, 3.05) is 11.9 Å². The molecule has 2 aromatic rings. The Kier molecular flexibility index (Phi) is 4.06. The molecular weight excluding hydrogens is 330 g/mol. The average molecular weight is 358 g/mol. The molecule has 0 N–H and O–H groups in total. The van der Waals surface area contributed by atoms with Gasteiger partial charge in [0.15, 0.2) is 0 Å². The van der Waals surface area contributed by atoms with Crippen molar-refractivity contribution in [2.45, 2.75) is 49.1 Å². The predicted octanol–water partition coefficient (Wildman–Crippen LogP) is 5.01. The molecule has 1 nitrogen and oxygen atoms in total. The third-order valence-corrected chi connectivity index (χ3v) is 9.77. The summed E-state index contributed by atoms with van der Waals surface area (Å²) in [5.74, 6) is 0. The summed E-state index contributed by atoms with van der Waals surface area (Å²) in [7, 11) is -0.350. The maximum Gasteiger partial charge on any atom is 0.0776 e. The van der Waals surface area contributed by atoms with Crippen molar-refractivity contribution in [2.24, 2.45) is 0 Å². The van der Waals surface area contributed by atoms with Crippen LogP contribution in [0.25, 0.3) is 0 Å². The minimum atomic E-state index is -1.27. The number of fused-ring (bicyclic) bond motifs is 2. The molecule has 0 radical (unpaired) electrons. The van der Waals surface area contributed by atoms with Crippen molar-refractivity contribution in [3.8, 4) is 0 Å². The van der Waals surface area contributed by atoms with Gasteiger partial charge in [0.1, 0.15) is 0 Å². The van der Waals surface area contributed by atoms with Gasteiger partial charge in [0.25, 0.3) is 0 Å². The highest BCUT2D eigenvalue weighted by atomic mass is 32.2. The highest BCUT2D eigenvalue weighted by molar-refractivity contribution is 7.99. The molecule has 1 aliphatic heterocycles. The summed E-state index contributed by atoms with van der Waals surface area (Å²) in [6.45, 7) is 14.5. The Hall–Kier alpha value is -0.976. The van der Waals surface area contributed by atoms with E-state index >= 15 is 0 Å². The van der Waals surface area contributed by atoms with Crippen LogP contribution in [0, 0.1) is 0 Å². The topological polar surface area (TPSA) is 3.24 Å². The van der Waals surface area contributed by atoms with Crippen molar-refractivity contribution < 1.29 is 0 Å². The summed E-state index contributed by atoms with van der Waals surface area (Å²) in [6.07, 6.45) is 0. The number of hydrogen-bond acceptors (Lipinski definition) is 2. The molecule has 0 bridgehead atoms. The third kappa shape index (κ3) is 3.17. The van der Waals surface area contributed by atoms with Crippen LogP contribution in [0.3, 0.4) is 0 Å². The van der Waals surface area contributed by atoms with Crippen molar-refractivity contribution in [3.63, 3.8) is 0 Å². The summed E-state index contributed by atoms with van der Waals surface area (Å²) >= 11 is 1.95. The van der Waals surface area contributed by atoms with E-state index in [2.05, 4.69) is 87.6 Å². The van der Waals surface area contributed by atoms with Crippen molar-refractivity contribution in [3.05, 3.63) is 36.4 Å². The first-order valence-electron chi connectivity index (χ1n) is 8.28. The quantitative estimate of drug-likeness (QED) is 0.695. The van der Waals surface area contributed by atoms with Crippen LogP contribution in [0.1, 0.15) is 0 Å². The van der Waals surface area contributed by atoms with Gasteiger partial charge < -0.3 is 4.90 Å². The smallest absolute Gasteiger partial charge is 0.0776 e. The molecule has 0 unspecified atom stereocenters. The van der Waals surface area contributed by atoms with Gasteiger partial charge in [0.05, 0.1) is 27.5 Å². The van der Waals surface area contributed by atoms with E-state index in [1.807, 2.05) is 11.8 Å². The highest BCUT2D eigenvalue weighted by Gasteiger charge is 2.26. The Labute approximate surface area is 147 Å². The van der Waals surface area contributed by atoms with Gasteiger partial charge in [-0.15, -0.1) is 0 Å². The van der Waals surface area contributed by atoms with Crippen molar-refractivity contribution >= 4 is 49.7 Å². The predicted molar refractivity (Wildman–Crippen MR) is 111 cm³/mol. The fourth-order valence-corrected chi connectivity index (χ4v) is 6.69. The SMILES string of the molecule is CN1c2ccc([Si](C)(C)C)cc2Sc2cc([Si](C)(C)C)ccc21. The number of hydrogen-bond donors (Lipinski definition) is 0. The molecule has 23 heavy (non-hydrogen) atoms. The van der Waals surface area contributed by atoms with Crippen LogP contribution in [-0.2, 0) is 0 Å². The minimum absolute atomic E-state index is 1.27. The Morgan fingerprint density at radius 3 is 1.43 bits per heavy atom. The lowest BCUT2D eigenvalue weighted by molar-refractivity contribution is 1.12. The average Bonchev–Trinajstić information content (AvgIpc) is 2.44. The van der Waals surface area contributed by atoms with Crippen LogP contribution in [0.2, 0.25) is 39.3 Å². The van der Waals surface area contributed by atoms with Gasteiger partial charge in [-0.25, -0.2) is 0 Å². The zero-order valence-electron chi connectivity index (χ0n) is 15.3. The first-order valence-corrected chi connectivity index (χ1v) is 16.1. The lowest BCUT2D eigenvalue weighted by Crippen LogP contribution is -2.38. The molecule has 4 heteroatoms. The van der Waals surface area contributed by atoms with E-state index < -0.39 is 16.1 Å². The van der Waals surface area contributed by atoms with Gasteiger partial charge in [-0.1, -0.05) is 73.6 Å². The summed E-state index contributed by atoms with van der Waals surface area (Å²) in [6, 6.07) is 14.2. The van der Waals surface area contributed by atoms with Crippen LogP contribution in [0.4, 0.5) is 11.4 Å². The Morgan fingerprint density at radius 1 is 0.696 bits per heavy atom. The Bertz CT molecular complexity index is 693. The maximum atomic E-state index is 2.44. The fraction of sp³-hybridized carbons (Fsp3) is 0.368. The molecular formula is C19H27NSSi2. The number of nitrogens with zero attached hydrogens (tertiary/aromatic N) is 1. The molecule has 0 spiro atoms. The van der Waals surface area contributed by atoms with Gasteiger partial charge in [-0.2, -0.15) is 0 Å². The minimum Gasteiger partial charge on any atom is -0.343 e. The normalized spacial score (nSPS) is 14.5. The zero-order valence-corrected chi connectivity index (χ0v) is 18.1. The molecule has 0 amide bonds. The van der Waals surface area contributed by atoms with Crippen molar-refractivity contribution in [1.29, 1.82) is 0 Å². The van der Waals surface area contributed by atoms with Gasteiger partial charge in [-0.3, -0.25) is 0 Å². The molecule has 0 aromatic heterocycles. The summed E-state index contributed by atoms with van der Waals surface area (Å²) < 4.78 is 0. The molecule has 122 valence electrons. The van der Waals surface area contributed by atoms with Gasteiger partial charge in [-0.05, 0) is 24.3 Å². The third-order valence-electron chi connectivity index (χ3n) is 4.59. The van der Waals surface area contributed by atoms with Crippen LogP contribution >= 0.6 is 11.8 Å². The molecule has 2 aromatic carbocycles. The van der Waals surface area contributed by atoms with E-state index in [0.29, 0.717) is 0 Å². The summed E-state index contributed by atoms with van der Waals surface area (Å²) in [5, 5.41) is 3.09. The van der Waals surface area contributed by atoms with Gasteiger partial charge >= 0.3 is 0 Å².